The maximum atomic E-state index is 11.8. The van der Waals surface area contributed by atoms with Gasteiger partial charge in [-0.05, 0) is 46.6 Å². The second-order valence-corrected chi connectivity index (χ2v) is 8.36. The molecule has 0 aliphatic carbocycles. The number of hydrogen-bond acceptors (Lipinski definition) is 4. The fourth-order valence-electron chi connectivity index (χ4n) is 2.50. The first kappa shape index (κ1) is 15.9. The van der Waals surface area contributed by atoms with Crippen LogP contribution in [0.25, 0.3) is 0 Å². The van der Waals surface area contributed by atoms with Crippen molar-refractivity contribution in [2.24, 2.45) is 0 Å². The van der Waals surface area contributed by atoms with Crippen molar-refractivity contribution in [3.05, 3.63) is 0 Å². The van der Waals surface area contributed by atoms with Crippen molar-refractivity contribution in [2.45, 2.75) is 63.9 Å². The second-order valence-electron chi connectivity index (χ2n) is 5.69. The van der Waals surface area contributed by atoms with Crippen molar-refractivity contribution in [2.75, 3.05) is 18.8 Å². The molecule has 1 rings (SSSR count). The summed E-state index contributed by atoms with van der Waals surface area (Å²) in [6, 6.07) is 0.348. The van der Waals surface area contributed by atoms with Gasteiger partial charge >= 0.3 is 0 Å². The summed E-state index contributed by atoms with van der Waals surface area (Å²) in [4.78, 5) is 2.25. The van der Waals surface area contributed by atoms with Gasteiger partial charge in [0.05, 0.1) is 17.1 Å². The third kappa shape index (κ3) is 4.86. The number of aliphatic hydroxyl groups is 1. The molecular weight excluding hydrogens is 250 g/mol. The summed E-state index contributed by atoms with van der Waals surface area (Å²) in [5.41, 5.74) is 0. The van der Waals surface area contributed by atoms with Crippen LogP contribution in [0.15, 0.2) is 0 Å². The number of sulfone groups is 1. The third-order valence-corrected chi connectivity index (χ3v) is 5.93. The monoisotopic (exact) mass is 277 g/mol. The van der Waals surface area contributed by atoms with E-state index >= 15 is 0 Å². The molecule has 2 atom stereocenters. The lowest BCUT2D eigenvalue weighted by Gasteiger charge is -2.36. The average molecular weight is 277 g/mol. The van der Waals surface area contributed by atoms with Crippen molar-refractivity contribution >= 4 is 9.84 Å². The van der Waals surface area contributed by atoms with Gasteiger partial charge in [-0.25, -0.2) is 8.42 Å². The van der Waals surface area contributed by atoms with Gasteiger partial charge in [-0.15, -0.1) is 0 Å². The molecule has 18 heavy (non-hydrogen) atoms. The van der Waals surface area contributed by atoms with Crippen LogP contribution in [0.4, 0.5) is 0 Å². The van der Waals surface area contributed by atoms with E-state index in [0.29, 0.717) is 12.6 Å². The Morgan fingerprint density at radius 1 is 1.28 bits per heavy atom. The molecular formula is C13H27NO3S. The molecule has 0 aromatic rings. The fraction of sp³-hybridized carbons (Fsp3) is 1.00. The lowest BCUT2D eigenvalue weighted by molar-refractivity contribution is 0.0913. The quantitative estimate of drug-likeness (QED) is 0.798. The Balaban J connectivity index is 2.52. The molecule has 1 saturated heterocycles. The summed E-state index contributed by atoms with van der Waals surface area (Å²) in [5, 5.41) is 9.20. The summed E-state index contributed by atoms with van der Waals surface area (Å²) < 4.78 is 23.7. The standard InChI is InChI=1S/C13H27NO3S/c1-11(2)18(16,17)9-8-14-7-5-4-6-13(14)10-12(3)15/h11-13,15H,4-10H2,1-3H3. The number of likely N-dealkylation sites (tertiary alicyclic amines) is 1. The SMILES string of the molecule is CC(O)CC1CCCCN1CCS(=O)(=O)C(C)C. The average Bonchev–Trinajstić information content (AvgIpc) is 2.27. The van der Waals surface area contributed by atoms with Crippen LogP contribution in [0.5, 0.6) is 0 Å². The summed E-state index contributed by atoms with van der Waals surface area (Å²) in [6.07, 6.45) is 3.84. The molecule has 1 aliphatic heterocycles. The van der Waals surface area contributed by atoms with Crippen molar-refractivity contribution < 1.29 is 13.5 Å². The van der Waals surface area contributed by atoms with Crippen LogP contribution in [0.2, 0.25) is 0 Å². The highest BCUT2D eigenvalue weighted by atomic mass is 32.2. The maximum Gasteiger partial charge on any atom is 0.153 e. The number of rotatable bonds is 6. The molecule has 1 heterocycles. The zero-order valence-electron chi connectivity index (χ0n) is 11.8. The molecule has 0 spiro atoms. The molecule has 108 valence electrons. The number of aliphatic hydroxyl groups excluding tert-OH is 1. The van der Waals surface area contributed by atoms with E-state index in [9.17, 15) is 13.5 Å². The van der Waals surface area contributed by atoms with Crippen LogP contribution in [0, 0.1) is 0 Å². The lowest BCUT2D eigenvalue weighted by Crippen LogP contribution is -2.43. The lowest BCUT2D eigenvalue weighted by atomic mass is 9.97. The molecule has 2 unspecified atom stereocenters. The van der Waals surface area contributed by atoms with E-state index in [0.717, 1.165) is 25.8 Å². The topological polar surface area (TPSA) is 57.6 Å². The molecule has 0 amide bonds. The number of hydrogen-bond donors (Lipinski definition) is 1. The van der Waals surface area contributed by atoms with Crippen molar-refractivity contribution in [1.29, 1.82) is 0 Å². The van der Waals surface area contributed by atoms with Crippen molar-refractivity contribution in [1.82, 2.24) is 4.90 Å². The predicted octanol–water partition coefficient (Wildman–Crippen LogP) is 1.44. The van der Waals surface area contributed by atoms with Gasteiger partial charge in [-0.1, -0.05) is 6.42 Å². The van der Waals surface area contributed by atoms with E-state index < -0.39 is 9.84 Å². The Morgan fingerprint density at radius 2 is 1.94 bits per heavy atom. The molecule has 0 saturated carbocycles. The van der Waals surface area contributed by atoms with Gasteiger partial charge in [0.1, 0.15) is 0 Å². The molecule has 5 heteroatoms. The Hall–Kier alpha value is -0.130. The van der Waals surface area contributed by atoms with E-state index in [4.69, 9.17) is 0 Å². The number of piperidine rings is 1. The summed E-state index contributed by atoms with van der Waals surface area (Å²) in [6.45, 7) is 6.85. The van der Waals surface area contributed by atoms with Gasteiger partial charge < -0.3 is 5.11 Å². The smallest absolute Gasteiger partial charge is 0.153 e. The minimum absolute atomic E-state index is 0.237. The van der Waals surface area contributed by atoms with E-state index in [1.165, 1.54) is 6.42 Å². The van der Waals surface area contributed by atoms with E-state index in [1.807, 2.05) is 0 Å². The van der Waals surface area contributed by atoms with E-state index in [2.05, 4.69) is 4.90 Å². The van der Waals surface area contributed by atoms with Crippen LogP contribution in [0.1, 0.15) is 46.5 Å². The first-order valence-corrected chi connectivity index (χ1v) is 8.68. The van der Waals surface area contributed by atoms with Crippen LogP contribution >= 0.6 is 0 Å². The predicted molar refractivity (Wildman–Crippen MR) is 74.4 cm³/mol. The first-order valence-electron chi connectivity index (χ1n) is 6.96. The number of nitrogens with zero attached hydrogens (tertiary/aromatic N) is 1. The molecule has 1 N–H and O–H groups in total. The van der Waals surface area contributed by atoms with Gasteiger partial charge in [0.2, 0.25) is 0 Å². The van der Waals surface area contributed by atoms with E-state index in [1.54, 1.807) is 20.8 Å². The minimum Gasteiger partial charge on any atom is -0.393 e. The zero-order valence-corrected chi connectivity index (χ0v) is 12.6. The molecule has 1 fully saturated rings. The third-order valence-electron chi connectivity index (χ3n) is 3.74. The van der Waals surface area contributed by atoms with Crippen LogP contribution in [0.3, 0.4) is 0 Å². The van der Waals surface area contributed by atoms with Crippen molar-refractivity contribution in [3.63, 3.8) is 0 Å². The summed E-state index contributed by atoms with van der Waals surface area (Å²) in [7, 11) is -2.95. The van der Waals surface area contributed by atoms with Crippen LogP contribution in [-0.2, 0) is 9.84 Å². The Labute approximate surface area is 111 Å². The summed E-state index contributed by atoms with van der Waals surface area (Å²) >= 11 is 0. The zero-order chi connectivity index (χ0) is 13.8. The highest BCUT2D eigenvalue weighted by molar-refractivity contribution is 7.92. The van der Waals surface area contributed by atoms with Crippen molar-refractivity contribution in [3.8, 4) is 0 Å². The molecule has 4 nitrogen and oxygen atoms in total. The molecule has 0 radical (unpaired) electrons. The highest BCUT2D eigenvalue weighted by Gasteiger charge is 2.25. The molecule has 1 aliphatic rings. The maximum absolute atomic E-state index is 11.8. The Kier molecular flexibility index (Phi) is 6.08. The van der Waals surface area contributed by atoms with Gasteiger partial charge in [-0.3, -0.25) is 4.90 Å². The largest absolute Gasteiger partial charge is 0.393 e. The summed E-state index contributed by atoms with van der Waals surface area (Å²) in [5.74, 6) is 0.237. The van der Waals surface area contributed by atoms with Gasteiger partial charge in [0.25, 0.3) is 0 Å². The highest BCUT2D eigenvalue weighted by Crippen LogP contribution is 2.21. The Bertz CT molecular complexity index is 338. The van der Waals surface area contributed by atoms with Crippen LogP contribution in [-0.4, -0.2) is 54.7 Å². The normalized spacial score (nSPS) is 24.4. The first-order chi connectivity index (χ1) is 8.33. The van der Waals surface area contributed by atoms with Crippen LogP contribution < -0.4 is 0 Å². The molecule has 0 aromatic carbocycles. The Morgan fingerprint density at radius 3 is 2.50 bits per heavy atom. The van der Waals surface area contributed by atoms with E-state index in [-0.39, 0.29) is 17.1 Å². The van der Waals surface area contributed by atoms with Gasteiger partial charge in [0.15, 0.2) is 9.84 Å². The minimum atomic E-state index is -2.95. The molecule has 0 bridgehead atoms. The second kappa shape index (κ2) is 6.87. The fourth-order valence-corrected chi connectivity index (χ4v) is 3.46. The van der Waals surface area contributed by atoms with Gasteiger partial charge in [-0.2, -0.15) is 0 Å². The molecule has 0 aromatic heterocycles. The van der Waals surface area contributed by atoms with Gasteiger partial charge in [0, 0.05) is 12.6 Å².